The van der Waals surface area contributed by atoms with Gasteiger partial charge >= 0.3 is 5.97 Å². The second-order valence-corrected chi connectivity index (χ2v) is 2.81. The molecule has 0 rings (SSSR count). The van der Waals surface area contributed by atoms with Crippen LogP contribution in [0.5, 0.6) is 0 Å². The highest BCUT2D eigenvalue weighted by atomic mass is 16.4. The standard InChI is InChI=1S/C7H14O2/c1-7(2,3)5-4-6(8)9/h4-5H2,1-3H3,(H,8,9)/i4D2,5D2. The summed E-state index contributed by atoms with van der Waals surface area (Å²) < 4.78 is 29.1. The molecule has 0 unspecified atom stereocenters. The Kier molecular flexibility index (Phi) is 1.14. The average Bonchev–Trinajstić information content (AvgIpc) is 1.84. The van der Waals surface area contributed by atoms with Crippen LogP contribution in [0.1, 0.15) is 39.0 Å². The zero-order valence-corrected chi connectivity index (χ0v) is 5.86. The first-order chi connectivity index (χ1) is 5.44. The molecule has 0 fully saturated rings. The fraction of sp³-hybridized carbons (Fsp3) is 0.857. The van der Waals surface area contributed by atoms with Crippen LogP contribution in [0.2, 0.25) is 0 Å². The quantitative estimate of drug-likeness (QED) is 0.626. The molecule has 0 saturated heterocycles. The summed E-state index contributed by atoms with van der Waals surface area (Å²) in [4.78, 5) is 10.5. The Morgan fingerprint density at radius 2 is 2.11 bits per heavy atom. The molecule has 9 heavy (non-hydrogen) atoms. The van der Waals surface area contributed by atoms with Gasteiger partial charge in [0.05, 0.1) is 0 Å². The van der Waals surface area contributed by atoms with Crippen LogP contribution in [-0.4, -0.2) is 11.1 Å². The number of hydrogen-bond acceptors (Lipinski definition) is 1. The second-order valence-electron chi connectivity index (χ2n) is 2.81. The molecule has 0 aliphatic heterocycles. The van der Waals surface area contributed by atoms with E-state index >= 15 is 0 Å². The van der Waals surface area contributed by atoms with Gasteiger partial charge in [-0.2, -0.15) is 0 Å². The number of hydrogen-bond donors (Lipinski definition) is 1. The molecule has 0 spiro atoms. The van der Waals surface area contributed by atoms with Crippen molar-refractivity contribution in [1.29, 1.82) is 0 Å². The molecule has 0 saturated carbocycles. The fourth-order valence-corrected chi connectivity index (χ4v) is 0.241. The molecule has 0 atom stereocenters. The molecular weight excluding hydrogens is 116 g/mol. The van der Waals surface area contributed by atoms with Crippen molar-refractivity contribution in [2.75, 3.05) is 0 Å². The molecule has 0 bridgehead atoms. The van der Waals surface area contributed by atoms with Crippen LogP contribution in [0, 0.1) is 5.41 Å². The Morgan fingerprint density at radius 1 is 1.67 bits per heavy atom. The molecular formula is C7H14O2. The molecule has 2 heteroatoms. The first-order valence-corrected chi connectivity index (χ1v) is 2.68. The molecule has 0 aromatic rings. The topological polar surface area (TPSA) is 37.3 Å². The van der Waals surface area contributed by atoms with Crippen LogP contribution in [0.3, 0.4) is 0 Å². The maximum Gasteiger partial charge on any atom is 0.303 e. The lowest BCUT2D eigenvalue weighted by Crippen LogP contribution is -2.07. The van der Waals surface area contributed by atoms with Crippen molar-refractivity contribution < 1.29 is 15.4 Å². The molecule has 1 N–H and O–H groups in total. The van der Waals surface area contributed by atoms with E-state index in [-0.39, 0.29) is 0 Å². The van der Waals surface area contributed by atoms with Crippen molar-refractivity contribution in [2.45, 2.75) is 33.5 Å². The predicted molar refractivity (Wildman–Crippen MR) is 36.3 cm³/mol. The minimum Gasteiger partial charge on any atom is -0.481 e. The van der Waals surface area contributed by atoms with E-state index in [2.05, 4.69) is 0 Å². The molecule has 0 aromatic carbocycles. The van der Waals surface area contributed by atoms with Crippen molar-refractivity contribution >= 4 is 5.97 Å². The summed E-state index contributed by atoms with van der Waals surface area (Å²) >= 11 is 0. The summed E-state index contributed by atoms with van der Waals surface area (Å²) in [7, 11) is 0. The first kappa shape index (κ1) is 3.59. The van der Waals surface area contributed by atoms with Gasteiger partial charge in [0, 0.05) is 11.9 Å². The van der Waals surface area contributed by atoms with Crippen molar-refractivity contribution in [2.24, 2.45) is 5.41 Å². The van der Waals surface area contributed by atoms with E-state index in [1.54, 1.807) is 0 Å². The summed E-state index contributed by atoms with van der Waals surface area (Å²) in [6, 6.07) is 0. The minimum atomic E-state index is -2.87. The van der Waals surface area contributed by atoms with E-state index in [1.807, 2.05) is 0 Å². The van der Waals surface area contributed by atoms with Gasteiger partial charge in [0.15, 0.2) is 0 Å². The summed E-state index contributed by atoms with van der Waals surface area (Å²) in [5.74, 6) is -1.77. The van der Waals surface area contributed by atoms with Gasteiger partial charge in [-0.15, -0.1) is 0 Å². The van der Waals surface area contributed by atoms with Crippen LogP contribution in [0.4, 0.5) is 0 Å². The van der Waals surface area contributed by atoms with Gasteiger partial charge in [-0.05, 0) is 11.8 Å². The van der Waals surface area contributed by atoms with Gasteiger partial charge < -0.3 is 5.11 Å². The van der Waals surface area contributed by atoms with Crippen LogP contribution in [-0.2, 0) is 4.79 Å². The Hall–Kier alpha value is -0.530. The molecule has 0 amide bonds. The smallest absolute Gasteiger partial charge is 0.303 e. The SMILES string of the molecule is [2H]C([2H])(C(=O)O)C([2H])([2H])C(C)(C)C. The van der Waals surface area contributed by atoms with Crippen molar-refractivity contribution in [3.63, 3.8) is 0 Å². The highest BCUT2D eigenvalue weighted by Crippen LogP contribution is 2.19. The van der Waals surface area contributed by atoms with Crippen molar-refractivity contribution in [3.05, 3.63) is 0 Å². The third-order valence-electron chi connectivity index (χ3n) is 0.544. The first-order valence-electron chi connectivity index (χ1n) is 4.68. The molecule has 0 aliphatic carbocycles. The normalized spacial score (nSPS) is 21.2. The van der Waals surface area contributed by atoms with Crippen LogP contribution in [0.25, 0.3) is 0 Å². The minimum absolute atomic E-state index is 1.06. The maximum absolute atomic E-state index is 10.5. The molecule has 0 heterocycles. The lowest BCUT2D eigenvalue weighted by Gasteiger charge is -2.15. The van der Waals surface area contributed by atoms with Gasteiger partial charge in [-0.1, -0.05) is 20.8 Å². The largest absolute Gasteiger partial charge is 0.481 e. The Bertz CT molecular complexity index is 217. The Labute approximate surface area is 61.5 Å². The summed E-state index contributed by atoms with van der Waals surface area (Å²) in [5.41, 5.74) is -1.06. The van der Waals surface area contributed by atoms with E-state index in [1.165, 1.54) is 20.8 Å². The average molecular weight is 134 g/mol. The summed E-state index contributed by atoms with van der Waals surface area (Å²) in [5, 5.41) is 8.53. The van der Waals surface area contributed by atoms with Crippen LogP contribution >= 0.6 is 0 Å². The van der Waals surface area contributed by atoms with Crippen LogP contribution < -0.4 is 0 Å². The Balaban J connectivity index is 5.16. The van der Waals surface area contributed by atoms with Gasteiger partial charge in [0.1, 0.15) is 0 Å². The zero-order chi connectivity index (χ0) is 11.1. The summed E-state index contributed by atoms with van der Waals surface area (Å²) in [6.07, 6.45) is -5.28. The van der Waals surface area contributed by atoms with Gasteiger partial charge in [0.25, 0.3) is 0 Å². The van der Waals surface area contributed by atoms with Gasteiger partial charge in [-0.25, -0.2) is 0 Å². The van der Waals surface area contributed by atoms with E-state index in [0.29, 0.717) is 0 Å². The maximum atomic E-state index is 10.5. The lowest BCUT2D eigenvalue weighted by molar-refractivity contribution is -0.137. The highest BCUT2D eigenvalue weighted by Gasteiger charge is 2.11. The van der Waals surface area contributed by atoms with Crippen LogP contribution in [0.15, 0.2) is 0 Å². The molecule has 54 valence electrons. The molecule has 0 radical (unpaired) electrons. The number of rotatable bonds is 2. The number of carboxylic acids is 1. The van der Waals surface area contributed by atoms with E-state index in [9.17, 15) is 4.79 Å². The van der Waals surface area contributed by atoms with Crippen molar-refractivity contribution in [1.82, 2.24) is 0 Å². The number of carbonyl (C=O) groups is 1. The Morgan fingerprint density at radius 3 is 2.22 bits per heavy atom. The van der Waals surface area contributed by atoms with E-state index in [4.69, 9.17) is 10.6 Å². The van der Waals surface area contributed by atoms with Crippen molar-refractivity contribution in [3.8, 4) is 0 Å². The highest BCUT2D eigenvalue weighted by molar-refractivity contribution is 5.66. The molecule has 0 aliphatic rings. The van der Waals surface area contributed by atoms with E-state index < -0.39 is 24.1 Å². The second kappa shape index (κ2) is 2.85. The van der Waals surface area contributed by atoms with E-state index in [0.717, 1.165) is 0 Å². The molecule has 2 nitrogen and oxygen atoms in total. The predicted octanol–water partition coefficient (Wildman–Crippen LogP) is 1.90. The lowest BCUT2D eigenvalue weighted by atomic mass is 9.91. The monoisotopic (exact) mass is 134 g/mol. The van der Waals surface area contributed by atoms with Gasteiger partial charge in [-0.3, -0.25) is 4.79 Å². The molecule has 0 aromatic heterocycles. The fourth-order valence-electron chi connectivity index (χ4n) is 0.241. The third-order valence-corrected chi connectivity index (χ3v) is 0.544. The zero-order valence-electron chi connectivity index (χ0n) is 9.86. The number of carboxylic acid groups (broad SMARTS) is 1. The third kappa shape index (κ3) is 7.47. The number of aliphatic carboxylic acids is 1. The summed E-state index contributed by atoms with van der Waals surface area (Å²) in [6.45, 7) is 4.40. The van der Waals surface area contributed by atoms with Gasteiger partial charge in [0.2, 0.25) is 0 Å².